The number of fused-ring (bicyclic) bond motifs is 1. The van der Waals surface area contributed by atoms with Gasteiger partial charge >= 0.3 is 6.18 Å². The van der Waals surface area contributed by atoms with Crippen molar-refractivity contribution in [3.8, 4) is 17.6 Å². The number of hydrogen-bond acceptors (Lipinski definition) is 6. The van der Waals surface area contributed by atoms with Crippen LogP contribution in [0.4, 0.5) is 24.5 Å². The van der Waals surface area contributed by atoms with Crippen LogP contribution >= 0.6 is 0 Å². The van der Waals surface area contributed by atoms with E-state index in [4.69, 9.17) is 4.74 Å². The molecule has 2 heterocycles. The molecule has 11 heteroatoms. The molecule has 3 aromatic rings. The number of halogens is 3. The standard InChI is InChI=1S/C32H39F3N4O3S/c1-42-31-21-26(43(2,40)41)15-16-29(31)36-17-7-8-25-20-27-28(9-6-10-30(27)39(25)22-32(33,34)35)37-23-11-13-24(14-12-23)38-18-4-3-5-19-38/h6,9-10,15-16,20-21,23-24,36-37H,3-5,11-14,17-19,22H2,1-2H3. The van der Waals surface area contributed by atoms with Crippen LogP contribution in [0.1, 0.15) is 50.6 Å². The van der Waals surface area contributed by atoms with E-state index in [0.717, 1.165) is 43.0 Å². The Labute approximate surface area is 251 Å². The number of aromatic nitrogens is 1. The van der Waals surface area contributed by atoms with Crippen LogP contribution in [-0.4, -0.2) is 69.1 Å². The van der Waals surface area contributed by atoms with Gasteiger partial charge in [0.15, 0.2) is 9.84 Å². The number of benzene rings is 2. The molecule has 0 radical (unpaired) electrons. The summed E-state index contributed by atoms with van der Waals surface area (Å²) in [7, 11) is -1.97. The smallest absolute Gasteiger partial charge is 0.406 e. The maximum atomic E-state index is 13.6. The van der Waals surface area contributed by atoms with Crippen molar-refractivity contribution in [3.63, 3.8) is 0 Å². The molecule has 0 unspecified atom stereocenters. The third kappa shape index (κ3) is 7.78. The van der Waals surface area contributed by atoms with Gasteiger partial charge in [-0.25, -0.2) is 8.42 Å². The summed E-state index contributed by atoms with van der Waals surface area (Å²) < 4.78 is 71.2. The molecule has 1 aromatic heterocycles. The normalized spacial score (nSPS) is 19.9. The highest BCUT2D eigenvalue weighted by Gasteiger charge is 2.30. The van der Waals surface area contributed by atoms with Crippen LogP contribution in [0.25, 0.3) is 10.9 Å². The molecule has 5 rings (SSSR count). The van der Waals surface area contributed by atoms with E-state index in [9.17, 15) is 21.6 Å². The second-order valence-electron chi connectivity index (χ2n) is 11.5. The molecule has 0 atom stereocenters. The number of methoxy groups -OCH3 is 1. The molecule has 1 saturated heterocycles. The average molecular weight is 617 g/mol. The Kier molecular flexibility index (Phi) is 9.47. The van der Waals surface area contributed by atoms with Crippen molar-refractivity contribution in [2.45, 2.75) is 74.6 Å². The molecule has 2 aliphatic rings. The number of alkyl halides is 3. The van der Waals surface area contributed by atoms with Crippen LogP contribution in [0.3, 0.4) is 0 Å². The third-order valence-corrected chi connectivity index (χ3v) is 9.54. The minimum atomic E-state index is -4.41. The summed E-state index contributed by atoms with van der Waals surface area (Å²) in [5, 5.41) is 7.43. The number of nitrogens with one attached hydrogen (secondary N) is 2. The lowest BCUT2D eigenvalue weighted by Gasteiger charge is -2.39. The molecule has 43 heavy (non-hydrogen) atoms. The lowest BCUT2D eigenvalue weighted by atomic mass is 9.89. The van der Waals surface area contributed by atoms with Gasteiger partial charge in [-0.2, -0.15) is 13.2 Å². The maximum absolute atomic E-state index is 13.6. The highest BCUT2D eigenvalue weighted by molar-refractivity contribution is 7.90. The fourth-order valence-electron chi connectivity index (χ4n) is 6.27. The lowest BCUT2D eigenvalue weighted by molar-refractivity contribution is -0.140. The van der Waals surface area contributed by atoms with Gasteiger partial charge in [0.25, 0.3) is 0 Å². The molecule has 0 spiro atoms. The van der Waals surface area contributed by atoms with E-state index in [2.05, 4.69) is 27.4 Å². The van der Waals surface area contributed by atoms with E-state index in [0.29, 0.717) is 23.0 Å². The molecule has 2 N–H and O–H groups in total. The first-order valence-electron chi connectivity index (χ1n) is 14.8. The van der Waals surface area contributed by atoms with Crippen molar-refractivity contribution < 1.29 is 26.3 Å². The van der Waals surface area contributed by atoms with E-state index in [-0.39, 0.29) is 23.2 Å². The summed E-state index contributed by atoms with van der Waals surface area (Å²) >= 11 is 0. The van der Waals surface area contributed by atoms with Crippen LogP contribution in [0.2, 0.25) is 0 Å². The minimum absolute atomic E-state index is 0.119. The Morgan fingerprint density at radius 2 is 1.74 bits per heavy atom. The number of sulfone groups is 1. The third-order valence-electron chi connectivity index (χ3n) is 8.43. The Bertz CT molecular complexity index is 1590. The summed E-state index contributed by atoms with van der Waals surface area (Å²) in [5.74, 6) is 6.17. The van der Waals surface area contributed by atoms with Crippen molar-refractivity contribution in [2.75, 3.05) is 43.6 Å². The molecule has 1 aliphatic heterocycles. The molecule has 0 bridgehead atoms. The Morgan fingerprint density at radius 1 is 1.00 bits per heavy atom. The van der Waals surface area contributed by atoms with E-state index in [1.165, 1.54) is 56.2 Å². The summed E-state index contributed by atoms with van der Waals surface area (Å²) in [5.41, 5.74) is 2.12. The Balaban J connectivity index is 1.33. The summed E-state index contributed by atoms with van der Waals surface area (Å²) in [6.07, 6.45) is 4.92. The van der Waals surface area contributed by atoms with Gasteiger partial charge in [0.1, 0.15) is 12.3 Å². The molecular formula is C32H39F3N4O3S. The van der Waals surface area contributed by atoms with Crippen molar-refractivity contribution in [1.29, 1.82) is 0 Å². The van der Waals surface area contributed by atoms with Crippen molar-refractivity contribution in [2.24, 2.45) is 0 Å². The number of likely N-dealkylation sites (tertiary alicyclic amines) is 1. The predicted molar refractivity (Wildman–Crippen MR) is 165 cm³/mol. The molecule has 0 amide bonds. The molecule has 1 aliphatic carbocycles. The van der Waals surface area contributed by atoms with Gasteiger partial charge in [-0.1, -0.05) is 18.4 Å². The predicted octanol–water partition coefficient (Wildman–Crippen LogP) is 6.29. The van der Waals surface area contributed by atoms with Crippen LogP contribution in [-0.2, 0) is 16.4 Å². The van der Waals surface area contributed by atoms with Gasteiger partial charge in [0.2, 0.25) is 0 Å². The van der Waals surface area contributed by atoms with Crippen LogP contribution in [0, 0.1) is 11.8 Å². The molecule has 1 saturated carbocycles. The maximum Gasteiger partial charge on any atom is 0.406 e. The van der Waals surface area contributed by atoms with E-state index in [1.807, 2.05) is 6.07 Å². The van der Waals surface area contributed by atoms with Crippen LogP contribution < -0.4 is 15.4 Å². The zero-order valence-electron chi connectivity index (χ0n) is 24.6. The summed E-state index contributed by atoms with van der Waals surface area (Å²) in [6, 6.07) is 12.5. The van der Waals surface area contributed by atoms with Crippen molar-refractivity contribution >= 4 is 32.1 Å². The molecule has 232 valence electrons. The summed E-state index contributed by atoms with van der Waals surface area (Å²) in [6.45, 7) is 1.36. The van der Waals surface area contributed by atoms with Gasteiger partial charge in [0.05, 0.1) is 35.4 Å². The first-order chi connectivity index (χ1) is 20.5. The zero-order valence-corrected chi connectivity index (χ0v) is 25.5. The molecule has 7 nitrogen and oxygen atoms in total. The second kappa shape index (κ2) is 13.1. The first-order valence-corrected chi connectivity index (χ1v) is 16.7. The van der Waals surface area contributed by atoms with Gasteiger partial charge in [-0.05, 0) is 87.9 Å². The van der Waals surface area contributed by atoms with E-state index >= 15 is 0 Å². The number of hydrogen-bond donors (Lipinski definition) is 2. The topological polar surface area (TPSA) is 75.6 Å². The second-order valence-corrected chi connectivity index (χ2v) is 13.5. The minimum Gasteiger partial charge on any atom is -0.495 e. The Morgan fingerprint density at radius 3 is 2.42 bits per heavy atom. The Hall–Kier alpha value is -3.36. The number of nitrogens with zero attached hydrogens (tertiary/aromatic N) is 2. The molecule has 2 aromatic carbocycles. The van der Waals surface area contributed by atoms with Crippen molar-refractivity contribution in [1.82, 2.24) is 9.47 Å². The number of anilines is 2. The number of piperidine rings is 1. The molecule has 2 fully saturated rings. The quantitative estimate of drug-likeness (QED) is 0.290. The SMILES string of the molecule is COc1cc(S(C)(=O)=O)ccc1NCC#Cc1cc2c(NC3CCC(N4CCCCC4)CC3)cccc2n1CC(F)(F)F. The van der Waals surface area contributed by atoms with Gasteiger partial charge < -0.3 is 24.8 Å². The van der Waals surface area contributed by atoms with E-state index in [1.54, 1.807) is 24.3 Å². The fourth-order valence-corrected chi connectivity index (χ4v) is 6.91. The van der Waals surface area contributed by atoms with Gasteiger partial charge in [-0.15, -0.1) is 0 Å². The van der Waals surface area contributed by atoms with Gasteiger partial charge in [0, 0.05) is 35.5 Å². The summed E-state index contributed by atoms with van der Waals surface area (Å²) in [4.78, 5) is 2.76. The largest absolute Gasteiger partial charge is 0.495 e. The number of rotatable bonds is 8. The van der Waals surface area contributed by atoms with E-state index < -0.39 is 22.6 Å². The zero-order chi connectivity index (χ0) is 30.6. The molecular weight excluding hydrogens is 577 g/mol. The first kappa shape index (κ1) is 31.1. The highest BCUT2D eigenvalue weighted by atomic mass is 32.2. The fraction of sp³-hybridized carbons (Fsp3) is 0.500. The van der Waals surface area contributed by atoms with Crippen LogP contribution in [0.15, 0.2) is 47.4 Å². The highest BCUT2D eigenvalue weighted by Crippen LogP contribution is 2.33. The van der Waals surface area contributed by atoms with Crippen LogP contribution in [0.5, 0.6) is 5.75 Å². The van der Waals surface area contributed by atoms with Crippen molar-refractivity contribution in [3.05, 3.63) is 48.2 Å². The number of ether oxygens (including phenoxy) is 1. The average Bonchev–Trinajstić information content (AvgIpc) is 3.32. The lowest BCUT2D eigenvalue weighted by Crippen LogP contribution is -2.43. The monoisotopic (exact) mass is 616 g/mol. The van der Waals surface area contributed by atoms with Gasteiger partial charge in [-0.3, -0.25) is 0 Å².